The van der Waals surface area contributed by atoms with Gasteiger partial charge in [0.2, 0.25) is 0 Å². The zero-order chi connectivity index (χ0) is 23.2. The van der Waals surface area contributed by atoms with Crippen LogP contribution in [0, 0.1) is 6.92 Å². The lowest BCUT2D eigenvalue weighted by Gasteiger charge is -2.09. The molecule has 0 saturated heterocycles. The largest absolute Gasteiger partial charge is 0.493 e. The first-order valence-electron chi connectivity index (χ1n) is 10.2. The van der Waals surface area contributed by atoms with Crippen molar-refractivity contribution in [3.8, 4) is 5.75 Å². The molecule has 0 spiro atoms. The Morgan fingerprint density at radius 1 is 1.03 bits per heavy atom. The SMILES string of the molecule is COc1cccc2cc(C(=O)NCCNc3ccc(Nc4cc(C)ccn4)nn3)c(=O)oc12. The average Bonchev–Trinajstić information content (AvgIpc) is 2.82. The summed E-state index contributed by atoms with van der Waals surface area (Å²) in [4.78, 5) is 28.9. The smallest absolute Gasteiger partial charge is 0.349 e. The molecule has 0 radical (unpaired) electrons. The molecule has 33 heavy (non-hydrogen) atoms. The van der Waals surface area contributed by atoms with E-state index in [1.54, 1.807) is 36.5 Å². The average molecular weight is 446 g/mol. The van der Waals surface area contributed by atoms with Crippen molar-refractivity contribution in [3.05, 3.63) is 76.3 Å². The van der Waals surface area contributed by atoms with Gasteiger partial charge in [-0.1, -0.05) is 12.1 Å². The molecule has 4 aromatic rings. The van der Waals surface area contributed by atoms with Crippen LogP contribution >= 0.6 is 0 Å². The molecule has 1 aromatic carbocycles. The van der Waals surface area contributed by atoms with E-state index in [1.807, 2.05) is 19.1 Å². The van der Waals surface area contributed by atoms with Gasteiger partial charge in [0.1, 0.15) is 17.2 Å². The van der Waals surface area contributed by atoms with Gasteiger partial charge in [0.25, 0.3) is 5.91 Å². The molecule has 0 saturated carbocycles. The van der Waals surface area contributed by atoms with Crippen LogP contribution in [0.15, 0.2) is 63.9 Å². The van der Waals surface area contributed by atoms with E-state index >= 15 is 0 Å². The van der Waals surface area contributed by atoms with Crippen LogP contribution in [0.1, 0.15) is 15.9 Å². The Morgan fingerprint density at radius 2 is 1.85 bits per heavy atom. The highest BCUT2D eigenvalue weighted by molar-refractivity contribution is 5.97. The molecule has 10 heteroatoms. The van der Waals surface area contributed by atoms with E-state index in [0.29, 0.717) is 40.7 Å². The number of nitrogens with zero attached hydrogens (tertiary/aromatic N) is 3. The Hall–Kier alpha value is -4.47. The van der Waals surface area contributed by atoms with Crippen LogP contribution in [0.3, 0.4) is 0 Å². The highest BCUT2D eigenvalue weighted by Crippen LogP contribution is 2.24. The molecule has 4 rings (SSSR count). The van der Waals surface area contributed by atoms with Crippen LogP contribution in [-0.2, 0) is 0 Å². The maximum absolute atomic E-state index is 12.4. The second-order valence-electron chi connectivity index (χ2n) is 7.16. The van der Waals surface area contributed by atoms with Gasteiger partial charge < -0.3 is 25.1 Å². The van der Waals surface area contributed by atoms with Crippen LogP contribution < -0.4 is 26.3 Å². The van der Waals surface area contributed by atoms with Gasteiger partial charge >= 0.3 is 5.63 Å². The van der Waals surface area contributed by atoms with Crippen molar-refractivity contribution in [1.82, 2.24) is 20.5 Å². The number of aryl methyl sites for hydroxylation is 1. The molecule has 1 amide bonds. The summed E-state index contributed by atoms with van der Waals surface area (Å²) in [6.45, 7) is 2.64. The van der Waals surface area contributed by atoms with Gasteiger partial charge in [0.15, 0.2) is 17.2 Å². The van der Waals surface area contributed by atoms with Gasteiger partial charge in [0, 0.05) is 24.7 Å². The van der Waals surface area contributed by atoms with E-state index in [0.717, 1.165) is 5.56 Å². The number of ether oxygens (including phenoxy) is 1. The lowest BCUT2D eigenvalue weighted by atomic mass is 10.1. The van der Waals surface area contributed by atoms with Gasteiger partial charge in [-0.15, -0.1) is 10.2 Å². The third-order valence-corrected chi connectivity index (χ3v) is 4.74. The molecule has 0 fully saturated rings. The monoisotopic (exact) mass is 446 g/mol. The minimum absolute atomic E-state index is 0.0734. The summed E-state index contributed by atoms with van der Waals surface area (Å²) < 4.78 is 10.5. The van der Waals surface area contributed by atoms with Crippen molar-refractivity contribution in [2.75, 3.05) is 30.8 Å². The minimum atomic E-state index is -0.727. The van der Waals surface area contributed by atoms with Crippen molar-refractivity contribution in [2.24, 2.45) is 0 Å². The fraction of sp³-hybridized carbons (Fsp3) is 0.174. The molecule has 3 aromatic heterocycles. The summed E-state index contributed by atoms with van der Waals surface area (Å²) >= 11 is 0. The first kappa shape index (κ1) is 21.8. The van der Waals surface area contributed by atoms with Crippen LogP contribution in [0.4, 0.5) is 17.5 Å². The number of aromatic nitrogens is 3. The third-order valence-electron chi connectivity index (χ3n) is 4.74. The van der Waals surface area contributed by atoms with E-state index in [4.69, 9.17) is 9.15 Å². The molecule has 3 N–H and O–H groups in total. The minimum Gasteiger partial charge on any atom is -0.493 e. The van der Waals surface area contributed by atoms with Gasteiger partial charge in [-0.05, 0) is 48.9 Å². The number of hydrogen-bond acceptors (Lipinski definition) is 9. The predicted octanol–water partition coefficient (Wildman–Crippen LogP) is 2.88. The fourth-order valence-electron chi connectivity index (χ4n) is 3.13. The van der Waals surface area contributed by atoms with E-state index in [-0.39, 0.29) is 12.1 Å². The molecule has 0 unspecified atom stereocenters. The summed E-state index contributed by atoms with van der Waals surface area (Å²) in [5.41, 5.74) is 0.588. The lowest BCUT2D eigenvalue weighted by molar-refractivity contribution is 0.0951. The number of para-hydroxylation sites is 1. The quantitative estimate of drug-likeness (QED) is 0.276. The van der Waals surface area contributed by atoms with Crippen LogP contribution in [0.5, 0.6) is 5.75 Å². The second kappa shape index (κ2) is 9.77. The van der Waals surface area contributed by atoms with Gasteiger partial charge in [-0.3, -0.25) is 4.79 Å². The number of carbonyl (C=O) groups is 1. The summed E-state index contributed by atoms with van der Waals surface area (Å²) in [6, 6.07) is 14.0. The number of carbonyl (C=O) groups excluding carboxylic acids is 1. The molecule has 0 bridgehead atoms. The Morgan fingerprint density at radius 3 is 2.61 bits per heavy atom. The fourth-order valence-corrected chi connectivity index (χ4v) is 3.13. The molecule has 10 nitrogen and oxygen atoms in total. The third kappa shape index (κ3) is 5.24. The number of benzene rings is 1. The Kier molecular flexibility index (Phi) is 6.44. The first-order chi connectivity index (χ1) is 16.0. The summed E-state index contributed by atoms with van der Waals surface area (Å²) in [5.74, 6) is 1.70. The molecule has 168 valence electrons. The van der Waals surface area contributed by atoms with Crippen molar-refractivity contribution in [3.63, 3.8) is 0 Å². The first-order valence-corrected chi connectivity index (χ1v) is 10.2. The van der Waals surface area contributed by atoms with Crippen LogP contribution in [0.2, 0.25) is 0 Å². The van der Waals surface area contributed by atoms with Crippen LogP contribution in [-0.4, -0.2) is 41.3 Å². The number of amides is 1. The molecular formula is C23H22N6O4. The van der Waals surface area contributed by atoms with Crippen molar-refractivity contribution >= 4 is 34.3 Å². The number of fused-ring (bicyclic) bond motifs is 1. The van der Waals surface area contributed by atoms with E-state index in [2.05, 4.69) is 31.1 Å². The van der Waals surface area contributed by atoms with Gasteiger partial charge in [-0.2, -0.15) is 0 Å². The molecule has 0 aliphatic heterocycles. The molecule has 0 aliphatic rings. The van der Waals surface area contributed by atoms with Crippen molar-refractivity contribution in [2.45, 2.75) is 6.92 Å². The maximum Gasteiger partial charge on any atom is 0.349 e. The standard InChI is InChI=1S/C23H22N6O4/c1-14-8-9-24-20(12-14)27-19-7-6-18(28-29-19)25-10-11-26-22(30)16-13-15-4-3-5-17(32-2)21(15)33-23(16)31/h3-9,12-13H,10-11H2,1-2H3,(H,25,28)(H,26,30)(H,24,27,29). The number of methoxy groups -OCH3 is 1. The lowest BCUT2D eigenvalue weighted by Crippen LogP contribution is -2.32. The van der Waals surface area contributed by atoms with Crippen LogP contribution in [0.25, 0.3) is 11.0 Å². The molecule has 0 aliphatic carbocycles. The van der Waals surface area contributed by atoms with Gasteiger partial charge in [0.05, 0.1) is 7.11 Å². The zero-order valence-corrected chi connectivity index (χ0v) is 18.1. The topological polar surface area (TPSA) is 131 Å². The molecular weight excluding hydrogens is 424 g/mol. The van der Waals surface area contributed by atoms with Gasteiger partial charge in [-0.25, -0.2) is 9.78 Å². The van der Waals surface area contributed by atoms with E-state index < -0.39 is 11.5 Å². The number of rotatable bonds is 8. The van der Waals surface area contributed by atoms with Crippen molar-refractivity contribution < 1.29 is 13.9 Å². The Balaban J connectivity index is 1.30. The molecule has 3 heterocycles. The normalized spacial score (nSPS) is 10.6. The second-order valence-corrected chi connectivity index (χ2v) is 7.16. The zero-order valence-electron chi connectivity index (χ0n) is 18.1. The summed E-state index contributed by atoms with van der Waals surface area (Å²) in [6.07, 6.45) is 1.72. The number of pyridine rings is 1. The Labute approximate surface area is 189 Å². The number of hydrogen-bond donors (Lipinski definition) is 3. The number of nitrogens with one attached hydrogen (secondary N) is 3. The van der Waals surface area contributed by atoms with E-state index in [9.17, 15) is 9.59 Å². The van der Waals surface area contributed by atoms with Crippen molar-refractivity contribution in [1.29, 1.82) is 0 Å². The summed E-state index contributed by atoms with van der Waals surface area (Å²) in [5, 5.41) is 17.6. The van der Waals surface area contributed by atoms with E-state index in [1.165, 1.54) is 13.2 Å². The predicted molar refractivity (Wildman–Crippen MR) is 124 cm³/mol. The maximum atomic E-state index is 12.4. The highest BCUT2D eigenvalue weighted by atomic mass is 16.5. The summed E-state index contributed by atoms with van der Waals surface area (Å²) in [7, 11) is 1.48. The Bertz CT molecular complexity index is 1340. The molecule has 0 atom stereocenters. The highest BCUT2D eigenvalue weighted by Gasteiger charge is 2.15. The number of anilines is 3.